The van der Waals surface area contributed by atoms with E-state index >= 15 is 0 Å². The van der Waals surface area contributed by atoms with Crippen molar-refractivity contribution in [1.29, 1.82) is 0 Å². The minimum absolute atomic E-state index is 0.0182. The van der Waals surface area contributed by atoms with E-state index in [4.69, 9.17) is 21.1 Å². The van der Waals surface area contributed by atoms with Crippen molar-refractivity contribution in [2.75, 3.05) is 50.7 Å². The van der Waals surface area contributed by atoms with E-state index in [1.165, 1.54) is 0 Å². The lowest BCUT2D eigenvalue weighted by Gasteiger charge is -2.35. The highest BCUT2D eigenvalue weighted by Gasteiger charge is 2.74. The van der Waals surface area contributed by atoms with Crippen LogP contribution in [0.1, 0.15) is 77.3 Å². The molecule has 258 valence electrons. The van der Waals surface area contributed by atoms with Gasteiger partial charge in [-0.15, -0.1) is 4.90 Å². The van der Waals surface area contributed by atoms with Gasteiger partial charge in [-0.25, -0.2) is 9.97 Å². The van der Waals surface area contributed by atoms with Crippen molar-refractivity contribution < 1.29 is 19.3 Å². The second-order valence-corrected chi connectivity index (χ2v) is 15.2. The number of piperidine rings is 3. The highest BCUT2D eigenvalue weighted by molar-refractivity contribution is 6.30. The second kappa shape index (κ2) is 13.9. The van der Waals surface area contributed by atoms with Crippen LogP contribution in [0.2, 0.25) is 5.02 Å². The molecule has 12 heteroatoms. The second-order valence-electron chi connectivity index (χ2n) is 14.8. The lowest BCUT2D eigenvalue weighted by Crippen LogP contribution is -2.74. The molecular weight excluding hydrogens is 628 g/mol. The van der Waals surface area contributed by atoms with E-state index in [0.717, 1.165) is 119 Å². The Hall–Kier alpha value is -3.25. The van der Waals surface area contributed by atoms with Gasteiger partial charge < -0.3 is 29.6 Å². The molecule has 1 spiro atoms. The van der Waals surface area contributed by atoms with Crippen LogP contribution in [0.25, 0.3) is 11.0 Å². The summed E-state index contributed by atoms with van der Waals surface area (Å²) in [4.78, 5) is 36.5. The van der Waals surface area contributed by atoms with Crippen LogP contribution in [0, 0.1) is 0 Å². The van der Waals surface area contributed by atoms with Crippen molar-refractivity contribution in [3.05, 3.63) is 53.4 Å². The number of benzene rings is 1. The first-order chi connectivity index (χ1) is 23.2. The smallest absolute Gasteiger partial charge is 0.425 e. The molecule has 1 aromatic carbocycles. The molecule has 4 fully saturated rings. The number of aromatic amines is 1. The maximum Gasteiger partial charge on any atom is 0.508 e. The summed E-state index contributed by atoms with van der Waals surface area (Å²) in [6.45, 7) is 12.5. The average molecular weight is 678 g/mol. The van der Waals surface area contributed by atoms with Gasteiger partial charge in [0.15, 0.2) is 0 Å². The zero-order chi connectivity index (χ0) is 33.3. The van der Waals surface area contributed by atoms with Gasteiger partial charge in [-0.2, -0.15) is 4.79 Å². The Balaban J connectivity index is 1.07. The Kier molecular flexibility index (Phi) is 9.65. The first-order valence-corrected chi connectivity index (χ1v) is 18.1. The molecule has 3 aromatic rings. The number of halogens is 1. The highest BCUT2D eigenvalue weighted by Crippen LogP contribution is 2.45. The average Bonchev–Trinajstić information content (AvgIpc) is 3.39. The maximum absolute atomic E-state index is 13.7. The Bertz CT molecular complexity index is 1580. The lowest BCUT2D eigenvalue weighted by atomic mass is 9.95. The Labute approximate surface area is 288 Å². The standard InChI is InChI=1S/C36H49ClN8O3/c1-35(2,3)48-34(46)45-33(36(45)14-22-44(23-15-36)32-29-10-18-39-31(29)40-24-41-32)42-30(25-4-6-26(37)7-5-25)13-21-43-19-11-28(12-20-43)47-27-8-16-38-17-9-27/h4-7,10,18,24,27-28,30,38H,8-9,11-17,19-23H2,1-3H3,(H,39,40,41)/p+1/t30-,45?/m0/s1. The summed E-state index contributed by atoms with van der Waals surface area (Å²) < 4.78 is 12.4. The van der Waals surface area contributed by atoms with Crippen LogP contribution >= 0.6 is 11.6 Å². The number of amides is 1. The predicted octanol–water partition coefficient (Wildman–Crippen LogP) is 4.04. The number of fused-ring (bicyclic) bond motifs is 1. The quantitative estimate of drug-likeness (QED) is 0.307. The molecule has 48 heavy (non-hydrogen) atoms. The number of rotatable bonds is 8. The van der Waals surface area contributed by atoms with Crippen molar-refractivity contribution in [2.45, 2.75) is 95.1 Å². The van der Waals surface area contributed by atoms with Gasteiger partial charge >= 0.3 is 11.9 Å². The van der Waals surface area contributed by atoms with Gasteiger partial charge in [-0.05, 0) is 83.3 Å². The summed E-state index contributed by atoms with van der Waals surface area (Å²) in [6, 6.07) is 10.2. The summed E-state index contributed by atoms with van der Waals surface area (Å²) in [5.41, 5.74) is 1.00. The van der Waals surface area contributed by atoms with Crippen molar-refractivity contribution in [3.8, 4) is 0 Å². The predicted molar refractivity (Wildman–Crippen MR) is 187 cm³/mol. The third-order valence-electron chi connectivity index (χ3n) is 10.4. The number of carbonyl (C=O) groups is 1. The van der Waals surface area contributed by atoms with Crippen LogP contribution < -0.4 is 15.2 Å². The van der Waals surface area contributed by atoms with Crippen LogP contribution in [-0.4, -0.2) is 106 Å². The molecule has 11 nitrogen and oxygen atoms in total. The number of H-pyrrole nitrogens is 1. The number of aromatic nitrogens is 3. The van der Waals surface area contributed by atoms with Gasteiger partial charge in [0, 0.05) is 63.2 Å². The molecule has 6 heterocycles. The molecule has 1 amide bonds. The molecule has 4 aliphatic rings. The van der Waals surface area contributed by atoms with Crippen LogP contribution in [0.15, 0.2) is 42.9 Å². The van der Waals surface area contributed by atoms with E-state index in [1.54, 1.807) is 6.33 Å². The highest BCUT2D eigenvalue weighted by atomic mass is 35.5. The molecular formula is C36H50ClN8O3+. The van der Waals surface area contributed by atoms with Gasteiger partial charge in [0.2, 0.25) is 5.54 Å². The molecule has 0 unspecified atom stereocenters. The normalized spacial score (nSPS) is 22.5. The van der Waals surface area contributed by atoms with Gasteiger partial charge in [0.25, 0.3) is 0 Å². The summed E-state index contributed by atoms with van der Waals surface area (Å²) >= 11 is 6.32. The zero-order valence-electron chi connectivity index (χ0n) is 28.5. The van der Waals surface area contributed by atoms with Gasteiger partial charge in [-0.1, -0.05) is 23.7 Å². The number of hydrogen-bond donors (Lipinski definition) is 3. The molecule has 7 rings (SSSR count). The van der Waals surface area contributed by atoms with Crippen molar-refractivity contribution in [2.24, 2.45) is 0 Å². The van der Waals surface area contributed by atoms with Crippen LogP contribution in [0.4, 0.5) is 10.6 Å². The van der Waals surface area contributed by atoms with Gasteiger partial charge in [0.05, 0.1) is 17.6 Å². The number of ether oxygens (including phenoxy) is 2. The maximum atomic E-state index is 13.7. The SMILES string of the molecule is CC(C)(C)OC(=O)N1C(=[NH+][C@@H](CCN2CCC(OC3CCNCC3)CC2)c2ccc(Cl)cc2)C12CCN(c1ncnc3[nH]ccc13)CC2. The fourth-order valence-corrected chi connectivity index (χ4v) is 7.84. The fraction of sp³-hybridized carbons (Fsp3) is 0.611. The molecule has 1 atom stereocenters. The molecule has 0 aliphatic carbocycles. The van der Waals surface area contributed by atoms with Crippen molar-refractivity contribution in [3.63, 3.8) is 0 Å². The van der Waals surface area contributed by atoms with E-state index in [1.807, 2.05) is 50.1 Å². The largest absolute Gasteiger partial charge is 0.508 e. The Morgan fingerprint density at radius 2 is 1.73 bits per heavy atom. The van der Waals surface area contributed by atoms with Gasteiger partial charge in [-0.3, -0.25) is 4.99 Å². The number of nitrogens with one attached hydrogen (secondary N) is 3. The zero-order valence-corrected chi connectivity index (χ0v) is 29.3. The third kappa shape index (κ3) is 7.34. The number of nitrogens with zero attached hydrogens (tertiary/aromatic N) is 5. The van der Waals surface area contributed by atoms with Crippen LogP contribution in [0.3, 0.4) is 0 Å². The molecule has 4 aliphatic heterocycles. The molecule has 2 aromatic heterocycles. The molecule has 4 saturated heterocycles. The van der Waals surface area contributed by atoms with Crippen molar-refractivity contribution in [1.82, 2.24) is 30.1 Å². The Morgan fingerprint density at radius 1 is 1.02 bits per heavy atom. The number of amidine groups is 1. The number of hydrogen-bond acceptors (Lipinski definition) is 8. The summed E-state index contributed by atoms with van der Waals surface area (Å²) in [7, 11) is 0. The van der Waals surface area contributed by atoms with E-state index in [2.05, 4.69) is 47.2 Å². The number of anilines is 1. The van der Waals surface area contributed by atoms with E-state index in [-0.39, 0.29) is 12.1 Å². The molecule has 3 N–H and O–H groups in total. The summed E-state index contributed by atoms with van der Waals surface area (Å²) in [5.74, 6) is 1.89. The Morgan fingerprint density at radius 3 is 2.44 bits per heavy atom. The molecule has 0 radical (unpaired) electrons. The topological polar surface area (TPSA) is 113 Å². The fourth-order valence-electron chi connectivity index (χ4n) is 7.72. The molecule has 0 bridgehead atoms. The van der Waals surface area contributed by atoms with Gasteiger partial charge in [0.1, 0.15) is 29.4 Å². The number of carbonyl (C=O) groups excluding carboxylic acids is 1. The lowest BCUT2D eigenvalue weighted by molar-refractivity contribution is -0.511. The van der Waals surface area contributed by atoms with Crippen LogP contribution in [-0.2, 0) is 9.47 Å². The summed E-state index contributed by atoms with van der Waals surface area (Å²) in [5, 5.41) is 5.16. The van der Waals surface area contributed by atoms with E-state index in [9.17, 15) is 4.79 Å². The molecule has 0 saturated carbocycles. The van der Waals surface area contributed by atoms with E-state index < -0.39 is 11.1 Å². The monoisotopic (exact) mass is 677 g/mol. The van der Waals surface area contributed by atoms with Crippen molar-refractivity contribution >= 4 is 40.4 Å². The minimum Gasteiger partial charge on any atom is -0.425 e. The first kappa shape index (κ1) is 33.3. The summed E-state index contributed by atoms with van der Waals surface area (Å²) in [6.07, 6.45) is 10.8. The number of likely N-dealkylation sites (tertiary alicyclic amines) is 1. The van der Waals surface area contributed by atoms with Crippen LogP contribution in [0.5, 0.6) is 0 Å². The third-order valence-corrected chi connectivity index (χ3v) is 10.6. The first-order valence-electron chi connectivity index (χ1n) is 17.7. The minimum atomic E-state index is -0.590. The van der Waals surface area contributed by atoms with E-state index in [0.29, 0.717) is 17.2 Å².